The molecule has 112 valence electrons. The molecule has 0 radical (unpaired) electrons. The van der Waals surface area contributed by atoms with Gasteiger partial charge in [-0.3, -0.25) is 4.72 Å². The maximum Gasteiger partial charge on any atom is 0.262 e. The molecule has 0 fully saturated rings. The second-order valence-electron chi connectivity index (χ2n) is 4.71. The minimum absolute atomic E-state index is 0.0000610. The van der Waals surface area contributed by atoms with Crippen LogP contribution in [0.15, 0.2) is 35.2 Å². The molecule has 2 aromatic carbocycles. The quantitative estimate of drug-likeness (QED) is 0.847. The molecule has 0 saturated carbocycles. The predicted molar refractivity (Wildman–Crippen MR) is 82.5 cm³/mol. The van der Waals surface area contributed by atoms with Gasteiger partial charge in [-0.15, -0.1) is 0 Å². The molecule has 0 unspecified atom stereocenters. The highest BCUT2D eigenvalue weighted by Crippen LogP contribution is 2.28. The lowest BCUT2D eigenvalue weighted by atomic mass is 10.2. The van der Waals surface area contributed by atoms with E-state index in [4.69, 9.17) is 17.3 Å². The van der Waals surface area contributed by atoms with Crippen molar-refractivity contribution in [1.82, 2.24) is 0 Å². The second kappa shape index (κ2) is 5.54. The Morgan fingerprint density at radius 3 is 2.48 bits per heavy atom. The summed E-state index contributed by atoms with van der Waals surface area (Å²) < 4.78 is 40.7. The number of anilines is 2. The van der Waals surface area contributed by atoms with Crippen LogP contribution in [-0.2, 0) is 10.0 Å². The first kappa shape index (κ1) is 15.6. The van der Waals surface area contributed by atoms with Crippen LogP contribution in [0.5, 0.6) is 0 Å². The smallest absolute Gasteiger partial charge is 0.262 e. The van der Waals surface area contributed by atoms with Crippen LogP contribution < -0.4 is 10.5 Å². The molecule has 3 N–H and O–H groups in total. The first-order valence-electron chi connectivity index (χ1n) is 6.05. The maximum absolute atomic E-state index is 13.6. The number of aryl methyl sites for hydroxylation is 1. The van der Waals surface area contributed by atoms with Gasteiger partial charge >= 0.3 is 0 Å². The average molecular weight is 329 g/mol. The third-order valence-corrected chi connectivity index (χ3v) is 4.78. The molecule has 7 heteroatoms. The van der Waals surface area contributed by atoms with Gasteiger partial charge in [-0.05, 0) is 43.7 Å². The number of hydrogen-bond acceptors (Lipinski definition) is 3. The molecular weight excluding hydrogens is 315 g/mol. The molecule has 2 aromatic rings. The van der Waals surface area contributed by atoms with Crippen molar-refractivity contribution in [3.05, 3.63) is 52.3 Å². The van der Waals surface area contributed by atoms with Crippen molar-refractivity contribution in [2.24, 2.45) is 0 Å². The number of nitrogen functional groups attached to an aromatic ring is 1. The van der Waals surface area contributed by atoms with Crippen molar-refractivity contribution in [3.63, 3.8) is 0 Å². The van der Waals surface area contributed by atoms with Gasteiger partial charge in [-0.1, -0.05) is 17.7 Å². The topological polar surface area (TPSA) is 72.2 Å². The zero-order chi connectivity index (χ0) is 15.8. The van der Waals surface area contributed by atoms with E-state index in [2.05, 4.69) is 4.72 Å². The van der Waals surface area contributed by atoms with E-state index in [1.54, 1.807) is 18.2 Å². The Bertz CT molecular complexity index is 807. The van der Waals surface area contributed by atoms with Crippen molar-refractivity contribution >= 4 is 33.0 Å². The Morgan fingerprint density at radius 1 is 1.19 bits per heavy atom. The van der Waals surface area contributed by atoms with Crippen LogP contribution in [0, 0.1) is 19.7 Å². The highest BCUT2D eigenvalue weighted by atomic mass is 35.5. The van der Waals surface area contributed by atoms with Gasteiger partial charge in [-0.25, -0.2) is 12.8 Å². The lowest BCUT2D eigenvalue weighted by Crippen LogP contribution is -2.15. The number of rotatable bonds is 3. The lowest BCUT2D eigenvalue weighted by molar-refractivity contribution is 0.591. The van der Waals surface area contributed by atoms with Crippen LogP contribution in [0.1, 0.15) is 11.1 Å². The van der Waals surface area contributed by atoms with E-state index in [0.717, 1.165) is 11.6 Å². The molecule has 0 bridgehead atoms. The van der Waals surface area contributed by atoms with E-state index in [-0.39, 0.29) is 26.9 Å². The Morgan fingerprint density at radius 2 is 1.86 bits per heavy atom. The van der Waals surface area contributed by atoms with Crippen molar-refractivity contribution in [2.75, 3.05) is 10.5 Å². The highest BCUT2D eigenvalue weighted by Gasteiger charge is 2.21. The summed E-state index contributed by atoms with van der Waals surface area (Å²) in [7, 11) is -3.98. The minimum atomic E-state index is -3.98. The van der Waals surface area contributed by atoms with Gasteiger partial charge in [0.15, 0.2) is 0 Å². The molecular formula is C14H14ClFN2O2S. The Balaban J connectivity index is 2.48. The average Bonchev–Trinajstić information content (AvgIpc) is 2.37. The first-order chi connectivity index (χ1) is 9.70. The summed E-state index contributed by atoms with van der Waals surface area (Å²) in [6, 6.07) is 7.19. The van der Waals surface area contributed by atoms with E-state index in [1.807, 2.05) is 6.92 Å². The molecule has 2 rings (SSSR count). The molecule has 0 heterocycles. The number of halogens is 2. The van der Waals surface area contributed by atoms with Crippen molar-refractivity contribution in [2.45, 2.75) is 18.7 Å². The summed E-state index contributed by atoms with van der Waals surface area (Å²) in [5.74, 6) is -0.676. The monoisotopic (exact) mass is 328 g/mol. The Hall–Kier alpha value is -1.79. The summed E-state index contributed by atoms with van der Waals surface area (Å²) in [5, 5.41) is 0.264. The van der Waals surface area contributed by atoms with Crippen LogP contribution in [0.2, 0.25) is 5.02 Å². The van der Waals surface area contributed by atoms with Gasteiger partial charge in [0, 0.05) is 11.3 Å². The fourth-order valence-electron chi connectivity index (χ4n) is 1.86. The summed E-state index contributed by atoms with van der Waals surface area (Å²) in [6.45, 7) is 3.21. The SMILES string of the molecule is Cc1ccc(NS(=O)(=O)c2cc(N)cc(F)c2C)c(Cl)c1. The third-order valence-electron chi connectivity index (χ3n) is 2.98. The maximum atomic E-state index is 13.6. The highest BCUT2D eigenvalue weighted by molar-refractivity contribution is 7.92. The molecule has 4 nitrogen and oxygen atoms in total. The van der Waals surface area contributed by atoms with Crippen LogP contribution in [0.3, 0.4) is 0 Å². The van der Waals surface area contributed by atoms with E-state index in [1.165, 1.54) is 13.0 Å². The second-order valence-corrected chi connectivity index (χ2v) is 6.77. The molecule has 21 heavy (non-hydrogen) atoms. The molecule has 0 aliphatic heterocycles. The summed E-state index contributed by atoms with van der Waals surface area (Å²) in [6.07, 6.45) is 0. The molecule has 0 spiro atoms. The molecule has 0 saturated heterocycles. The number of hydrogen-bond donors (Lipinski definition) is 2. The zero-order valence-electron chi connectivity index (χ0n) is 11.4. The van der Waals surface area contributed by atoms with Gasteiger partial charge in [0.25, 0.3) is 10.0 Å². The standard InChI is InChI=1S/C14H14ClFN2O2S/c1-8-3-4-13(11(15)5-8)18-21(19,20)14-7-10(17)6-12(16)9(14)2/h3-7,18H,17H2,1-2H3. The first-order valence-corrected chi connectivity index (χ1v) is 7.91. The Labute approximate surface area is 127 Å². The number of sulfonamides is 1. The van der Waals surface area contributed by atoms with Crippen LogP contribution >= 0.6 is 11.6 Å². The fraction of sp³-hybridized carbons (Fsp3) is 0.143. The van der Waals surface area contributed by atoms with Gasteiger partial charge < -0.3 is 5.73 Å². The van der Waals surface area contributed by atoms with Crippen molar-refractivity contribution < 1.29 is 12.8 Å². The lowest BCUT2D eigenvalue weighted by Gasteiger charge is -2.13. The van der Waals surface area contributed by atoms with E-state index < -0.39 is 15.8 Å². The molecule has 0 aromatic heterocycles. The molecule has 0 atom stereocenters. The molecule has 0 aliphatic carbocycles. The van der Waals surface area contributed by atoms with Gasteiger partial charge in [0.2, 0.25) is 0 Å². The van der Waals surface area contributed by atoms with Crippen molar-refractivity contribution in [3.8, 4) is 0 Å². The van der Waals surface area contributed by atoms with Gasteiger partial charge in [0.1, 0.15) is 5.82 Å². The minimum Gasteiger partial charge on any atom is -0.399 e. The molecule has 0 aliphatic rings. The number of benzene rings is 2. The molecule has 0 amide bonds. The van der Waals surface area contributed by atoms with E-state index in [9.17, 15) is 12.8 Å². The van der Waals surface area contributed by atoms with Crippen molar-refractivity contribution in [1.29, 1.82) is 0 Å². The fourth-order valence-corrected chi connectivity index (χ4v) is 3.56. The number of nitrogens with one attached hydrogen (secondary N) is 1. The third kappa shape index (κ3) is 3.28. The largest absolute Gasteiger partial charge is 0.399 e. The summed E-state index contributed by atoms with van der Waals surface area (Å²) in [4.78, 5) is -0.211. The van der Waals surface area contributed by atoms with Crippen LogP contribution in [-0.4, -0.2) is 8.42 Å². The van der Waals surface area contributed by atoms with Crippen LogP contribution in [0.4, 0.5) is 15.8 Å². The van der Waals surface area contributed by atoms with E-state index in [0.29, 0.717) is 0 Å². The van der Waals surface area contributed by atoms with Gasteiger partial charge in [0.05, 0.1) is 15.6 Å². The predicted octanol–water partition coefficient (Wildman–Crippen LogP) is 3.48. The van der Waals surface area contributed by atoms with E-state index >= 15 is 0 Å². The number of nitrogens with two attached hydrogens (primary N) is 1. The summed E-state index contributed by atoms with van der Waals surface area (Å²) >= 11 is 6.00. The summed E-state index contributed by atoms with van der Waals surface area (Å²) in [5.41, 5.74) is 6.67. The van der Waals surface area contributed by atoms with Gasteiger partial charge in [-0.2, -0.15) is 0 Å². The van der Waals surface area contributed by atoms with Crippen LogP contribution in [0.25, 0.3) is 0 Å². The zero-order valence-corrected chi connectivity index (χ0v) is 13.0. The normalized spacial score (nSPS) is 11.4. The Kier molecular flexibility index (Phi) is 4.11.